The van der Waals surface area contributed by atoms with Crippen LogP contribution in [-0.4, -0.2) is 21.6 Å². The summed E-state index contributed by atoms with van der Waals surface area (Å²) in [7, 11) is 0. The molecule has 1 aromatic rings. The molecule has 1 heterocycles. The Labute approximate surface area is 168 Å². The fraction of sp³-hybridized carbons (Fsp3) is 0.667. The van der Waals surface area contributed by atoms with Gasteiger partial charge in [0.05, 0.1) is 6.33 Å². The van der Waals surface area contributed by atoms with Gasteiger partial charge in [-0.15, -0.1) is 0 Å². The number of hydrogen-bond donors (Lipinski definition) is 0. The van der Waals surface area contributed by atoms with Gasteiger partial charge in [-0.2, -0.15) is 0 Å². The summed E-state index contributed by atoms with van der Waals surface area (Å²) in [6.45, 7) is 6.53. The molecule has 0 amide bonds. The van der Waals surface area contributed by atoms with Crippen LogP contribution in [0.5, 0.6) is 0 Å². The lowest BCUT2D eigenvalue weighted by Gasteiger charge is -2.59. The molecule has 0 aromatic carbocycles. The summed E-state index contributed by atoms with van der Waals surface area (Å²) in [4.78, 5) is 15.7. The van der Waals surface area contributed by atoms with Gasteiger partial charge in [0.15, 0.2) is 0 Å². The first-order valence-electron chi connectivity index (χ1n) is 11.0. The lowest BCUT2D eigenvalue weighted by molar-refractivity contribution is -0.154. The maximum Gasteiger partial charge on any atom is 0.302 e. The van der Waals surface area contributed by atoms with Crippen molar-refractivity contribution in [2.45, 2.75) is 71.8 Å². The van der Waals surface area contributed by atoms with E-state index in [0.717, 1.165) is 18.8 Å². The van der Waals surface area contributed by atoms with Crippen molar-refractivity contribution in [2.75, 3.05) is 0 Å². The number of imidazole rings is 1. The molecule has 150 valence electrons. The van der Waals surface area contributed by atoms with Crippen LogP contribution in [0.1, 0.15) is 65.7 Å². The molecule has 1 aromatic heterocycles. The molecule has 5 rings (SSSR count). The molecule has 0 N–H and O–H groups in total. The molecule has 3 saturated carbocycles. The van der Waals surface area contributed by atoms with Crippen LogP contribution in [-0.2, 0) is 9.53 Å². The third-order valence-corrected chi connectivity index (χ3v) is 8.74. The highest BCUT2D eigenvalue weighted by Gasteiger charge is 2.56. The number of ether oxygens (including phenoxy) is 1. The molecule has 0 aliphatic heterocycles. The van der Waals surface area contributed by atoms with Crippen LogP contribution in [0.3, 0.4) is 0 Å². The average molecular weight is 381 g/mol. The second-order valence-corrected chi connectivity index (χ2v) is 10.0. The number of carbonyl (C=O) groups is 1. The van der Waals surface area contributed by atoms with E-state index in [4.69, 9.17) is 4.74 Å². The van der Waals surface area contributed by atoms with Crippen molar-refractivity contribution in [2.24, 2.45) is 28.6 Å². The van der Waals surface area contributed by atoms with E-state index in [0.29, 0.717) is 17.3 Å². The van der Waals surface area contributed by atoms with E-state index < -0.39 is 0 Å². The molecule has 0 saturated heterocycles. The Morgan fingerprint density at radius 1 is 1.18 bits per heavy atom. The lowest BCUT2D eigenvalue weighted by Crippen LogP contribution is -2.51. The molecule has 0 unspecified atom stereocenters. The monoisotopic (exact) mass is 380 g/mol. The number of carbonyl (C=O) groups excluding carboxylic acids is 1. The number of rotatable bonds is 2. The highest BCUT2D eigenvalue weighted by Crippen LogP contribution is 2.65. The molecule has 28 heavy (non-hydrogen) atoms. The van der Waals surface area contributed by atoms with E-state index in [9.17, 15) is 4.79 Å². The standard InChI is InChI=1S/C24H32N2O2/c1-16(27)28-18-8-10-23(2)17(14-18)4-5-19-20-6-7-22(26-13-12-25-15-26)24(20,3)11-9-21(19)23/h6-7,12-13,15,17-19,21H,4-5,8-11,14H2,1-3H3/t17-,18-,19-,21-,23-,24-/m0/s1. The van der Waals surface area contributed by atoms with Crippen LogP contribution in [0.15, 0.2) is 36.4 Å². The maximum absolute atomic E-state index is 11.4. The molecular weight excluding hydrogens is 348 g/mol. The number of fused-ring (bicyclic) bond motifs is 5. The largest absolute Gasteiger partial charge is 0.463 e. The highest BCUT2D eigenvalue weighted by molar-refractivity contribution is 5.66. The number of allylic oxidation sites excluding steroid dienone is 4. The van der Waals surface area contributed by atoms with E-state index in [1.165, 1.54) is 37.8 Å². The zero-order valence-corrected chi connectivity index (χ0v) is 17.4. The van der Waals surface area contributed by atoms with Crippen LogP contribution < -0.4 is 0 Å². The van der Waals surface area contributed by atoms with Gasteiger partial charge >= 0.3 is 5.97 Å². The van der Waals surface area contributed by atoms with Gasteiger partial charge in [0, 0.05) is 30.4 Å². The minimum Gasteiger partial charge on any atom is -0.463 e. The van der Waals surface area contributed by atoms with Gasteiger partial charge in [-0.25, -0.2) is 4.98 Å². The van der Waals surface area contributed by atoms with Gasteiger partial charge in [0.25, 0.3) is 0 Å². The molecule has 4 heteroatoms. The van der Waals surface area contributed by atoms with Crippen LogP contribution in [0.25, 0.3) is 5.70 Å². The Morgan fingerprint density at radius 2 is 2.04 bits per heavy atom. The van der Waals surface area contributed by atoms with Crippen LogP contribution in [0.2, 0.25) is 0 Å². The van der Waals surface area contributed by atoms with Crippen molar-refractivity contribution in [3.8, 4) is 0 Å². The fourth-order valence-electron chi connectivity index (χ4n) is 7.31. The molecule has 0 spiro atoms. The number of esters is 1. The number of nitrogens with zero attached hydrogens (tertiary/aromatic N) is 2. The first kappa shape index (κ1) is 18.2. The Bertz CT molecular complexity index is 839. The Hall–Kier alpha value is -1.84. The van der Waals surface area contributed by atoms with E-state index in [1.54, 1.807) is 12.5 Å². The Kier molecular flexibility index (Phi) is 4.12. The predicted molar refractivity (Wildman–Crippen MR) is 109 cm³/mol. The third kappa shape index (κ3) is 2.56. The SMILES string of the molecule is CC(=O)O[C@H]1CC[C@@]2(C)[C@@H](CC[C@H]3C4=CC=C(n5ccnc5)[C@@]4(C)CC[C@@H]32)C1. The summed E-state index contributed by atoms with van der Waals surface area (Å²) in [5.41, 5.74) is 3.60. The fourth-order valence-corrected chi connectivity index (χ4v) is 7.31. The first-order chi connectivity index (χ1) is 13.4. The van der Waals surface area contributed by atoms with Crippen molar-refractivity contribution in [1.29, 1.82) is 0 Å². The van der Waals surface area contributed by atoms with Crippen LogP contribution >= 0.6 is 0 Å². The molecule has 0 bridgehead atoms. The van der Waals surface area contributed by atoms with Crippen molar-refractivity contribution in [1.82, 2.24) is 9.55 Å². The van der Waals surface area contributed by atoms with Gasteiger partial charge in [0.1, 0.15) is 6.10 Å². The minimum absolute atomic E-state index is 0.120. The van der Waals surface area contributed by atoms with E-state index >= 15 is 0 Å². The number of aromatic nitrogens is 2. The van der Waals surface area contributed by atoms with Crippen molar-refractivity contribution < 1.29 is 9.53 Å². The van der Waals surface area contributed by atoms with Crippen molar-refractivity contribution in [3.05, 3.63) is 36.4 Å². The average Bonchev–Trinajstić information content (AvgIpc) is 3.28. The summed E-state index contributed by atoms with van der Waals surface area (Å²) < 4.78 is 7.80. The highest BCUT2D eigenvalue weighted by atomic mass is 16.5. The molecule has 4 aliphatic rings. The lowest BCUT2D eigenvalue weighted by atomic mass is 9.46. The Morgan fingerprint density at radius 3 is 2.79 bits per heavy atom. The molecule has 6 atom stereocenters. The van der Waals surface area contributed by atoms with Gasteiger partial charge in [-0.05, 0) is 74.2 Å². The third-order valence-electron chi connectivity index (χ3n) is 8.74. The summed E-state index contributed by atoms with van der Waals surface area (Å²) >= 11 is 0. The molecule has 4 nitrogen and oxygen atoms in total. The van der Waals surface area contributed by atoms with Crippen LogP contribution in [0, 0.1) is 28.6 Å². The zero-order chi connectivity index (χ0) is 19.5. The van der Waals surface area contributed by atoms with Crippen molar-refractivity contribution >= 4 is 11.7 Å². The van der Waals surface area contributed by atoms with Crippen LogP contribution in [0.4, 0.5) is 0 Å². The Balaban J connectivity index is 1.38. The normalized spacial score (nSPS) is 42.0. The van der Waals surface area contributed by atoms with Gasteiger partial charge in [0.2, 0.25) is 0 Å². The quantitative estimate of drug-likeness (QED) is 0.660. The second kappa shape index (κ2) is 6.33. The summed E-state index contributed by atoms with van der Waals surface area (Å²) in [6.07, 6.45) is 19.2. The zero-order valence-electron chi connectivity index (χ0n) is 17.4. The minimum atomic E-state index is -0.120. The topological polar surface area (TPSA) is 44.1 Å². The summed E-state index contributed by atoms with van der Waals surface area (Å²) in [6, 6.07) is 0. The summed E-state index contributed by atoms with van der Waals surface area (Å²) in [5.74, 6) is 2.03. The predicted octanol–water partition coefficient (Wildman–Crippen LogP) is 5.23. The van der Waals surface area contributed by atoms with Gasteiger partial charge < -0.3 is 9.30 Å². The molecule has 0 radical (unpaired) electrons. The smallest absolute Gasteiger partial charge is 0.302 e. The van der Waals surface area contributed by atoms with E-state index in [2.05, 4.69) is 41.7 Å². The van der Waals surface area contributed by atoms with Gasteiger partial charge in [-0.3, -0.25) is 4.79 Å². The molecular formula is C24H32N2O2. The second-order valence-electron chi connectivity index (χ2n) is 10.0. The number of hydrogen-bond acceptors (Lipinski definition) is 3. The first-order valence-corrected chi connectivity index (χ1v) is 11.0. The maximum atomic E-state index is 11.4. The molecule has 3 fully saturated rings. The van der Waals surface area contributed by atoms with E-state index in [-0.39, 0.29) is 17.5 Å². The van der Waals surface area contributed by atoms with E-state index in [1.807, 2.05) is 12.5 Å². The van der Waals surface area contributed by atoms with Gasteiger partial charge in [-0.1, -0.05) is 25.5 Å². The summed E-state index contributed by atoms with van der Waals surface area (Å²) in [5, 5.41) is 0. The van der Waals surface area contributed by atoms with Crippen molar-refractivity contribution in [3.63, 3.8) is 0 Å². The molecule has 4 aliphatic carbocycles.